The van der Waals surface area contributed by atoms with Gasteiger partial charge in [-0.05, 0) is 70.5 Å². The maximum absolute atomic E-state index is 4.47. The maximum atomic E-state index is 4.47. The second kappa shape index (κ2) is 11.3. The lowest BCUT2D eigenvalue weighted by Crippen LogP contribution is -2.51. The van der Waals surface area contributed by atoms with E-state index in [2.05, 4.69) is 32.3 Å². The van der Waals surface area contributed by atoms with Gasteiger partial charge < -0.3 is 20.4 Å². The lowest BCUT2D eigenvalue weighted by Gasteiger charge is -2.39. The summed E-state index contributed by atoms with van der Waals surface area (Å²) in [4.78, 5) is 9.81. The highest BCUT2D eigenvalue weighted by Crippen LogP contribution is 2.25. The molecule has 3 rings (SSSR count). The van der Waals surface area contributed by atoms with Gasteiger partial charge in [0.05, 0.1) is 0 Å². The van der Waals surface area contributed by atoms with Crippen molar-refractivity contribution in [3.8, 4) is 0 Å². The third-order valence-electron chi connectivity index (χ3n) is 7.18. The van der Waals surface area contributed by atoms with E-state index < -0.39 is 0 Å². The van der Waals surface area contributed by atoms with Crippen LogP contribution in [0.1, 0.15) is 71.1 Å². The summed E-state index contributed by atoms with van der Waals surface area (Å²) in [7, 11) is 1.91. The predicted molar refractivity (Wildman–Crippen MR) is 115 cm³/mol. The molecule has 3 fully saturated rings. The van der Waals surface area contributed by atoms with Crippen molar-refractivity contribution in [2.75, 3.05) is 46.3 Å². The van der Waals surface area contributed by atoms with E-state index >= 15 is 0 Å². The molecule has 2 saturated heterocycles. The van der Waals surface area contributed by atoms with Crippen LogP contribution in [0.15, 0.2) is 4.99 Å². The smallest absolute Gasteiger partial charge is 0.191 e. The van der Waals surface area contributed by atoms with Crippen LogP contribution in [-0.2, 0) is 0 Å². The molecule has 2 aliphatic heterocycles. The second-order valence-electron chi connectivity index (χ2n) is 8.91. The molecule has 0 spiro atoms. The molecule has 5 heteroatoms. The van der Waals surface area contributed by atoms with Crippen molar-refractivity contribution in [1.82, 2.24) is 20.4 Å². The summed E-state index contributed by atoms with van der Waals surface area (Å²) >= 11 is 0. The SMILES string of the molecule is CCN1CCC(CCNC(=NC)NC2CCN(C3CCCCC3)CC2)CC1. The van der Waals surface area contributed by atoms with Gasteiger partial charge in [-0.1, -0.05) is 26.2 Å². The van der Waals surface area contributed by atoms with E-state index in [1.807, 2.05) is 7.05 Å². The highest BCUT2D eigenvalue weighted by Gasteiger charge is 2.26. The number of guanidine groups is 1. The van der Waals surface area contributed by atoms with Gasteiger partial charge in [-0.2, -0.15) is 0 Å². The number of likely N-dealkylation sites (tertiary alicyclic amines) is 2. The zero-order chi connectivity index (χ0) is 18.9. The minimum Gasteiger partial charge on any atom is -0.356 e. The number of aliphatic imine (C=N–C) groups is 1. The Labute approximate surface area is 167 Å². The zero-order valence-electron chi connectivity index (χ0n) is 17.9. The van der Waals surface area contributed by atoms with Crippen LogP contribution in [0, 0.1) is 5.92 Å². The Kier molecular flexibility index (Phi) is 8.72. The lowest BCUT2D eigenvalue weighted by atomic mass is 9.92. The topological polar surface area (TPSA) is 42.9 Å². The Morgan fingerprint density at radius 1 is 0.926 bits per heavy atom. The monoisotopic (exact) mass is 377 g/mol. The quantitative estimate of drug-likeness (QED) is 0.551. The van der Waals surface area contributed by atoms with Crippen molar-refractivity contribution in [1.29, 1.82) is 0 Å². The summed E-state index contributed by atoms with van der Waals surface area (Å²) in [6.45, 7) is 9.63. The third-order valence-corrected chi connectivity index (χ3v) is 7.18. The van der Waals surface area contributed by atoms with Gasteiger partial charge in [0, 0.05) is 38.8 Å². The Morgan fingerprint density at radius 3 is 2.26 bits per heavy atom. The molecule has 0 amide bonds. The molecule has 5 nitrogen and oxygen atoms in total. The van der Waals surface area contributed by atoms with Crippen molar-refractivity contribution < 1.29 is 0 Å². The molecule has 27 heavy (non-hydrogen) atoms. The van der Waals surface area contributed by atoms with Crippen molar-refractivity contribution in [2.45, 2.75) is 83.2 Å². The molecule has 1 aliphatic carbocycles. The van der Waals surface area contributed by atoms with Crippen molar-refractivity contribution in [2.24, 2.45) is 10.9 Å². The normalized spacial score (nSPS) is 25.6. The number of piperidine rings is 2. The fraction of sp³-hybridized carbons (Fsp3) is 0.955. The summed E-state index contributed by atoms with van der Waals surface area (Å²) in [5.74, 6) is 1.90. The van der Waals surface area contributed by atoms with E-state index in [-0.39, 0.29) is 0 Å². The molecule has 2 N–H and O–H groups in total. The van der Waals surface area contributed by atoms with Crippen LogP contribution in [0.2, 0.25) is 0 Å². The van der Waals surface area contributed by atoms with Crippen LogP contribution in [-0.4, -0.2) is 74.2 Å². The average molecular weight is 378 g/mol. The van der Waals surface area contributed by atoms with Gasteiger partial charge in [-0.3, -0.25) is 4.99 Å². The number of nitrogens with zero attached hydrogens (tertiary/aromatic N) is 3. The van der Waals surface area contributed by atoms with E-state index in [0.29, 0.717) is 6.04 Å². The second-order valence-corrected chi connectivity index (χ2v) is 8.91. The summed E-state index contributed by atoms with van der Waals surface area (Å²) in [5, 5.41) is 7.26. The van der Waals surface area contributed by atoms with Crippen LogP contribution in [0.25, 0.3) is 0 Å². The Morgan fingerprint density at radius 2 is 1.63 bits per heavy atom. The van der Waals surface area contributed by atoms with Gasteiger partial charge in [-0.15, -0.1) is 0 Å². The summed E-state index contributed by atoms with van der Waals surface area (Å²) in [6.07, 6.45) is 13.7. The first-order chi connectivity index (χ1) is 13.3. The highest BCUT2D eigenvalue weighted by atomic mass is 15.2. The van der Waals surface area contributed by atoms with Gasteiger partial charge in [-0.25, -0.2) is 0 Å². The molecule has 0 radical (unpaired) electrons. The van der Waals surface area contributed by atoms with Crippen LogP contribution in [0.4, 0.5) is 0 Å². The molecule has 3 aliphatic rings. The molecule has 2 heterocycles. The van der Waals surface area contributed by atoms with Gasteiger partial charge in [0.25, 0.3) is 0 Å². The van der Waals surface area contributed by atoms with Gasteiger partial charge >= 0.3 is 0 Å². The fourth-order valence-electron chi connectivity index (χ4n) is 5.23. The van der Waals surface area contributed by atoms with Crippen molar-refractivity contribution in [3.05, 3.63) is 0 Å². The van der Waals surface area contributed by atoms with Gasteiger partial charge in [0.2, 0.25) is 0 Å². The minimum absolute atomic E-state index is 0.587. The number of nitrogens with one attached hydrogen (secondary N) is 2. The molecule has 1 saturated carbocycles. The highest BCUT2D eigenvalue weighted by molar-refractivity contribution is 5.79. The first kappa shape index (κ1) is 20.9. The van der Waals surface area contributed by atoms with Crippen LogP contribution in [0.3, 0.4) is 0 Å². The molecule has 0 aromatic heterocycles. The molecule has 0 bridgehead atoms. The number of rotatable bonds is 6. The van der Waals surface area contributed by atoms with E-state index in [0.717, 1.165) is 24.5 Å². The largest absolute Gasteiger partial charge is 0.356 e. The van der Waals surface area contributed by atoms with Crippen LogP contribution in [0.5, 0.6) is 0 Å². The molecular weight excluding hydrogens is 334 g/mol. The van der Waals surface area contributed by atoms with Crippen LogP contribution < -0.4 is 10.6 Å². The number of hydrogen-bond donors (Lipinski definition) is 2. The molecule has 0 unspecified atom stereocenters. The third kappa shape index (κ3) is 6.63. The zero-order valence-corrected chi connectivity index (χ0v) is 17.9. The fourth-order valence-corrected chi connectivity index (χ4v) is 5.23. The van der Waals surface area contributed by atoms with Crippen LogP contribution >= 0.6 is 0 Å². The molecule has 0 aromatic rings. The van der Waals surface area contributed by atoms with Gasteiger partial charge in [0.1, 0.15) is 0 Å². The Hall–Kier alpha value is -0.810. The summed E-state index contributed by atoms with van der Waals surface area (Å²) < 4.78 is 0. The first-order valence-corrected chi connectivity index (χ1v) is 11.7. The average Bonchev–Trinajstić information content (AvgIpc) is 2.74. The summed E-state index contributed by atoms with van der Waals surface area (Å²) in [5.41, 5.74) is 0. The molecule has 0 aromatic carbocycles. The lowest BCUT2D eigenvalue weighted by molar-refractivity contribution is 0.119. The minimum atomic E-state index is 0.587. The standard InChI is InChI=1S/C22H43N5/c1-3-26-15-10-19(11-16-26)9-14-24-22(23-2)25-20-12-17-27(18-13-20)21-7-5-4-6-8-21/h19-21H,3-18H2,1-2H3,(H2,23,24,25). The molecule has 156 valence electrons. The Balaban J connectivity index is 1.30. The maximum Gasteiger partial charge on any atom is 0.191 e. The van der Waals surface area contributed by atoms with E-state index in [4.69, 9.17) is 0 Å². The molecule has 0 atom stereocenters. The summed E-state index contributed by atoms with van der Waals surface area (Å²) in [6, 6.07) is 1.46. The first-order valence-electron chi connectivity index (χ1n) is 11.7. The Bertz CT molecular complexity index is 430. The predicted octanol–water partition coefficient (Wildman–Crippen LogP) is 3.07. The molecular formula is C22H43N5. The van der Waals surface area contributed by atoms with Gasteiger partial charge in [0.15, 0.2) is 5.96 Å². The number of hydrogen-bond acceptors (Lipinski definition) is 3. The van der Waals surface area contributed by atoms with Crippen molar-refractivity contribution >= 4 is 5.96 Å². The van der Waals surface area contributed by atoms with E-state index in [1.54, 1.807) is 0 Å². The van der Waals surface area contributed by atoms with E-state index in [1.165, 1.54) is 96.9 Å². The van der Waals surface area contributed by atoms with Crippen molar-refractivity contribution in [3.63, 3.8) is 0 Å². The van der Waals surface area contributed by atoms with E-state index in [9.17, 15) is 0 Å².